The quantitative estimate of drug-likeness (QED) is 0.608. The molecule has 0 spiro atoms. The second-order valence-corrected chi connectivity index (χ2v) is 4.30. The van der Waals surface area contributed by atoms with E-state index in [1.807, 2.05) is 20.8 Å². The number of rotatable bonds is 1. The van der Waals surface area contributed by atoms with Gasteiger partial charge in [0.25, 0.3) is 0 Å². The Bertz CT molecular complexity index is 198. The van der Waals surface area contributed by atoms with Crippen molar-refractivity contribution in [3.63, 3.8) is 0 Å². The first-order valence-corrected chi connectivity index (χ1v) is 4.39. The standard InChI is InChI=1S/C9H17NO3/c1-9(2,3)7-6(8(11)12-4)10-5-13-7/h6-7,10H,5H2,1-4H3/t6-,7-/m0/s1. The van der Waals surface area contributed by atoms with Crippen LogP contribution in [0.3, 0.4) is 0 Å². The minimum atomic E-state index is -0.329. The molecule has 0 aromatic carbocycles. The maximum atomic E-state index is 11.3. The van der Waals surface area contributed by atoms with Gasteiger partial charge in [0, 0.05) is 0 Å². The Morgan fingerprint density at radius 1 is 1.54 bits per heavy atom. The molecule has 76 valence electrons. The zero-order chi connectivity index (χ0) is 10.1. The van der Waals surface area contributed by atoms with Crippen LogP contribution in [0.4, 0.5) is 0 Å². The molecule has 0 unspecified atom stereocenters. The SMILES string of the molecule is COC(=O)[C@H]1NCO[C@@H]1C(C)(C)C. The van der Waals surface area contributed by atoms with Crippen LogP contribution in [0.1, 0.15) is 20.8 Å². The topological polar surface area (TPSA) is 47.6 Å². The number of ether oxygens (including phenoxy) is 2. The fourth-order valence-electron chi connectivity index (χ4n) is 1.51. The summed E-state index contributed by atoms with van der Waals surface area (Å²) in [7, 11) is 1.39. The van der Waals surface area contributed by atoms with E-state index in [0.717, 1.165) is 0 Å². The van der Waals surface area contributed by atoms with E-state index in [4.69, 9.17) is 4.74 Å². The van der Waals surface area contributed by atoms with Gasteiger partial charge < -0.3 is 9.47 Å². The lowest BCUT2D eigenvalue weighted by Crippen LogP contribution is -2.45. The first-order chi connectivity index (χ1) is 5.96. The first-order valence-electron chi connectivity index (χ1n) is 4.39. The van der Waals surface area contributed by atoms with Crippen LogP contribution < -0.4 is 5.32 Å². The average molecular weight is 187 g/mol. The van der Waals surface area contributed by atoms with Gasteiger partial charge in [0.1, 0.15) is 6.04 Å². The second-order valence-electron chi connectivity index (χ2n) is 4.30. The van der Waals surface area contributed by atoms with Crippen LogP contribution in [-0.2, 0) is 14.3 Å². The van der Waals surface area contributed by atoms with Gasteiger partial charge in [0.2, 0.25) is 0 Å². The maximum absolute atomic E-state index is 11.3. The van der Waals surface area contributed by atoms with E-state index < -0.39 is 0 Å². The zero-order valence-electron chi connectivity index (χ0n) is 8.59. The molecule has 1 rings (SSSR count). The molecule has 1 aliphatic heterocycles. The van der Waals surface area contributed by atoms with Crippen molar-refractivity contribution < 1.29 is 14.3 Å². The molecule has 2 atom stereocenters. The van der Waals surface area contributed by atoms with Crippen molar-refractivity contribution in [3.8, 4) is 0 Å². The monoisotopic (exact) mass is 187 g/mol. The summed E-state index contributed by atoms with van der Waals surface area (Å²) in [5.41, 5.74) is -0.0532. The molecule has 0 saturated carbocycles. The second kappa shape index (κ2) is 3.64. The molecule has 4 nitrogen and oxygen atoms in total. The lowest BCUT2D eigenvalue weighted by molar-refractivity contribution is -0.145. The van der Waals surface area contributed by atoms with Gasteiger partial charge in [0.05, 0.1) is 19.9 Å². The molecular weight excluding hydrogens is 170 g/mol. The van der Waals surface area contributed by atoms with Crippen LogP contribution in [0, 0.1) is 5.41 Å². The van der Waals surface area contributed by atoms with Crippen LogP contribution in [0.2, 0.25) is 0 Å². The number of methoxy groups -OCH3 is 1. The maximum Gasteiger partial charge on any atom is 0.325 e. The number of carbonyl (C=O) groups excluding carboxylic acids is 1. The van der Waals surface area contributed by atoms with E-state index in [-0.39, 0.29) is 23.5 Å². The molecular formula is C9H17NO3. The molecule has 1 fully saturated rings. The number of nitrogens with one attached hydrogen (secondary N) is 1. The van der Waals surface area contributed by atoms with Gasteiger partial charge in [-0.15, -0.1) is 0 Å². The largest absolute Gasteiger partial charge is 0.468 e. The Kier molecular flexibility index (Phi) is 2.93. The lowest BCUT2D eigenvalue weighted by atomic mass is 9.85. The van der Waals surface area contributed by atoms with Gasteiger partial charge in [-0.25, -0.2) is 0 Å². The average Bonchev–Trinajstić information content (AvgIpc) is 2.49. The third-order valence-corrected chi connectivity index (χ3v) is 2.18. The summed E-state index contributed by atoms with van der Waals surface area (Å²) in [5.74, 6) is -0.252. The van der Waals surface area contributed by atoms with E-state index in [1.165, 1.54) is 7.11 Å². The van der Waals surface area contributed by atoms with Crippen molar-refractivity contribution >= 4 is 5.97 Å². The highest BCUT2D eigenvalue weighted by Gasteiger charge is 2.41. The molecule has 0 radical (unpaired) electrons. The smallest absolute Gasteiger partial charge is 0.325 e. The van der Waals surface area contributed by atoms with Crippen LogP contribution >= 0.6 is 0 Å². The molecule has 13 heavy (non-hydrogen) atoms. The van der Waals surface area contributed by atoms with Crippen LogP contribution in [0.5, 0.6) is 0 Å². The summed E-state index contributed by atoms with van der Waals surface area (Å²) < 4.78 is 10.1. The molecule has 0 amide bonds. The molecule has 4 heteroatoms. The van der Waals surface area contributed by atoms with Crippen molar-refractivity contribution in [2.45, 2.75) is 32.9 Å². The van der Waals surface area contributed by atoms with Crippen molar-refractivity contribution in [3.05, 3.63) is 0 Å². The number of carbonyl (C=O) groups is 1. The van der Waals surface area contributed by atoms with Crippen molar-refractivity contribution in [2.24, 2.45) is 5.41 Å². The summed E-state index contributed by atoms with van der Waals surface area (Å²) in [5, 5.41) is 2.97. The number of esters is 1. The molecule has 1 aliphatic rings. The van der Waals surface area contributed by atoms with Gasteiger partial charge in [-0.2, -0.15) is 0 Å². The summed E-state index contributed by atoms with van der Waals surface area (Å²) in [6.07, 6.45) is -0.111. The Morgan fingerprint density at radius 3 is 2.62 bits per heavy atom. The Hall–Kier alpha value is -0.610. The Labute approximate surface area is 78.6 Å². The minimum absolute atomic E-state index is 0.0532. The van der Waals surface area contributed by atoms with E-state index in [9.17, 15) is 4.79 Å². The Morgan fingerprint density at radius 2 is 2.15 bits per heavy atom. The molecule has 0 aromatic heterocycles. The van der Waals surface area contributed by atoms with E-state index in [1.54, 1.807) is 0 Å². The summed E-state index contributed by atoms with van der Waals surface area (Å²) in [6, 6.07) is -0.329. The predicted octanol–water partition coefficient (Wildman–Crippen LogP) is 0.520. The highest BCUT2D eigenvalue weighted by Crippen LogP contribution is 2.27. The third-order valence-electron chi connectivity index (χ3n) is 2.18. The number of hydrogen-bond acceptors (Lipinski definition) is 4. The first kappa shape index (κ1) is 10.5. The summed E-state index contributed by atoms with van der Waals surface area (Å²) in [6.45, 7) is 6.55. The molecule has 1 saturated heterocycles. The minimum Gasteiger partial charge on any atom is -0.468 e. The predicted molar refractivity (Wildman–Crippen MR) is 48.1 cm³/mol. The van der Waals surface area contributed by atoms with Gasteiger partial charge in [-0.3, -0.25) is 10.1 Å². The van der Waals surface area contributed by atoms with Crippen LogP contribution in [0.25, 0.3) is 0 Å². The summed E-state index contributed by atoms with van der Waals surface area (Å²) in [4.78, 5) is 11.3. The van der Waals surface area contributed by atoms with Gasteiger partial charge in [-0.05, 0) is 5.41 Å². The van der Waals surface area contributed by atoms with E-state index >= 15 is 0 Å². The molecule has 1 N–H and O–H groups in total. The Balaban J connectivity index is 2.70. The van der Waals surface area contributed by atoms with Crippen LogP contribution in [0.15, 0.2) is 0 Å². The van der Waals surface area contributed by atoms with Gasteiger partial charge >= 0.3 is 5.97 Å². The van der Waals surface area contributed by atoms with Crippen molar-refractivity contribution in [1.29, 1.82) is 0 Å². The molecule has 0 aromatic rings. The van der Waals surface area contributed by atoms with Crippen molar-refractivity contribution in [1.82, 2.24) is 5.32 Å². The lowest BCUT2D eigenvalue weighted by Gasteiger charge is -2.28. The van der Waals surface area contributed by atoms with E-state index in [0.29, 0.717) is 6.73 Å². The normalized spacial score (nSPS) is 28.9. The zero-order valence-corrected chi connectivity index (χ0v) is 8.59. The molecule has 0 aliphatic carbocycles. The van der Waals surface area contributed by atoms with Crippen molar-refractivity contribution in [2.75, 3.05) is 13.8 Å². The fourth-order valence-corrected chi connectivity index (χ4v) is 1.51. The third kappa shape index (κ3) is 2.19. The number of hydrogen-bond donors (Lipinski definition) is 1. The highest BCUT2D eigenvalue weighted by molar-refractivity contribution is 5.76. The van der Waals surface area contributed by atoms with E-state index in [2.05, 4.69) is 10.1 Å². The molecule has 1 heterocycles. The fraction of sp³-hybridized carbons (Fsp3) is 0.889. The van der Waals surface area contributed by atoms with Gasteiger partial charge in [-0.1, -0.05) is 20.8 Å². The highest BCUT2D eigenvalue weighted by atomic mass is 16.5. The van der Waals surface area contributed by atoms with Crippen LogP contribution in [-0.4, -0.2) is 32.0 Å². The van der Waals surface area contributed by atoms with Gasteiger partial charge in [0.15, 0.2) is 0 Å². The summed E-state index contributed by atoms with van der Waals surface area (Å²) >= 11 is 0. The molecule has 0 bridgehead atoms.